The molecule has 0 aliphatic heterocycles. The number of nitrogens with zero attached hydrogens (tertiary/aromatic N) is 3. The van der Waals surface area contributed by atoms with E-state index in [0.29, 0.717) is 18.1 Å². The van der Waals surface area contributed by atoms with Crippen LogP contribution >= 0.6 is 0 Å². The minimum atomic E-state index is 0.184. The quantitative estimate of drug-likeness (QED) is 0.214. The molecule has 7 heteroatoms. The first-order chi connectivity index (χ1) is 8.63. The van der Waals surface area contributed by atoms with E-state index in [2.05, 4.69) is 20.6 Å². The van der Waals surface area contributed by atoms with Crippen LogP contribution in [0.4, 0.5) is 0 Å². The van der Waals surface area contributed by atoms with E-state index in [-0.39, 0.29) is 5.41 Å². The number of aromatic nitrogens is 2. The molecule has 0 spiro atoms. The summed E-state index contributed by atoms with van der Waals surface area (Å²) in [5, 5.41) is 18.8. The summed E-state index contributed by atoms with van der Waals surface area (Å²) in [6.07, 6.45) is 3.64. The topological polar surface area (TPSA) is 110 Å². The van der Waals surface area contributed by atoms with Gasteiger partial charge in [-0.2, -0.15) is 4.98 Å². The fourth-order valence-electron chi connectivity index (χ4n) is 2.01. The summed E-state index contributed by atoms with van der Waals surface area (Å²) in [6, 6.07) is 0. The van der Waals surface area contributed by atoms with Crippen LogP contribution in [-0.2, 0) is 6.42 Å². The second-order valence-electron chi connectivity index (χ2n) is 4.92. The number of amidine groups is 1. The molecule has 1 aromatic heterocycles. The van der Waals surface area contributed by atoms with Crippen LogP contribution in [0.3, 0.4) is 0 Å². The van der Waals surface area contributed by atoms with Gasteiger partial charge in [-0.1, -0.05) is 10.3 Å². The van der Waals surface area contributed by atoms with Crippen molar-refractivity contribution in [2.45, 2.75) is 32.6 Å². The van der Waals surface area contributed by atoms with Crippen molar-refractivity contribution in [2.24, 2.45) is 16.3 Å². The molecule has 0 saturated heterocycles. The highest BCUT2D eigenvalue weighted by Gasteiger charge is 2.42. The van der Waals surface area contributed by atoms with Gasteiger partial charge in [-0.05, 0) is 18.3 Å². The molecule has 2 rings (SSSR count). The Bertz CT molecular complexity index is 425. The van der Waals surface area contributed by atoms with E-state index in [1.165, 1.54) is 0 Å². The van der Waals surface area contributed by atoms with Crippen molar-refractivity contribution in [1.29, 1.82) is 0 Å². The summed E-state index contributed by atoms with van der Waals surface area (Å²) in [5.41, 5.74) is 5.72. The van der Waals surface area contributed by atoms with Crippen LogP contribution in [0.25, 0.3) is 0 Å². The molecule has 1 aliphatic rings. The van der Waals surface area contributed by atoms with E-state index in [1.807, 2.05) is 0 Å². The molecular formula is C11H19N5O2. The van der Waals surface area contributed by atoms with Crippen molar-refractivity contribution in [3.05, 3.63) is 11.7 Å². The Morgan fingerprint density at radius 2 is 2.39 bits per heavy atom. The molecule has 4 N–H and O–H groups in total. The maximum absolute atomic E-state index is 8.56. The molecule has 0 bridgehead atoms. The van der Waals surface area contributed by atoms with Crippen molar-refractivity contribution in [2.75, 3.05) is 13.1 Å². The first-order valence-electron chi connectivity index (χ1n) is 6.10. The van der Waals surface area contributed by atoms with Crippen molar-refractivity contribution >= 4 is 5.84 Å². The molecule has 0 unspecified atom stereocenters. The minimum Gasteiger partial charge on any atom is -0.409 e. The van der Waals surface area contributed by atoms with Gasteiger partial charge in [0.25, 0.3) is 0 Å². The normalized spacial score (nSPS) is 17.9. The molecule has 1 aliphatic carbocycles. The third kappa shape index (κ3) is 3.43. The lowest BCUT2D eigenvalue weighted by Gasteiger charge is -2.14. The molecular weight excluding hydrogens is 234 g/mol. The van der Waals surface area contributed by atoms with Crippen LogP contribution < -0.4 is 11.1 Å². The fourth-order valence-corrected chi connectivity index (χ4v) is 2.01. The lowest BCUT2D eigenvalue weighted by molar-refractivity contribution is 0.314. The summed E-state index contributed by atoms with van der Waals surface area (Å²) in [7, 11) is 0. The predicted octanol–water partition coefficient (Wildman–Crippen LogP) is 0.427. The lowest BCUT2D eigenvalue weighted by atomic mass is 10.0. The maximum Gasteiger partial charge on any atom is 0.223 e. The molecule has 0 amide bonds. The Morgan fingerprint density at radius 1 is 1.61 bits per heavy atom. The van der Waals surface area contributed by atoms with Gasteiger partial charge in [0.2, 0.25) is 5.89 Å². The minimum absolute atomic E-state index is 0.184. The van der Waals surface area contributed by atoms with E-state index in [9.17, 15) is 0 Å². The Morgan fingerprint density at radius 3 is 2.94 bits per heavy atom. The van der Waals surface area contributed by atoms with Gasteiger partial charge in [-0.3, -0.25) is 0 Å². The van der Waals surface area contributed by atoms with Gasteiger partial charge in [0.1, 0.15) is 5.84 Å². The van der Waals surface area contributed by atoms with Crippen LogP contribution in [-0.4, -0.2) is 34.3 Å². The molecule has 0 atom stereocenters. The van der Waals surface area contributed by atoms with E-state index in [4.69, 9.17) is 15.5 Å². The average molecular weight is 253 g/mol. The number of aryl methyl sites for hydroxylation is 1. The van der Waals surface area contributed by atoms with Crippen molar-refractivity contribution in [1.82, 2.24) is 15.5 Å². The van der Waals surface area contributed by atoms with Crippen molar-refractivity contribution in [3.63, 3.8) is 0 Å². The third-order valence-corrected chi connectivity index (χ3v) is 3.24. The molecule has 18 heavy (non-hydrogen) atoms. The SMILES string of the molecule is Cc1nc(CCNCC2(CC(N)=NO)CC2)no1. The molecule has 1 aromatic rings. The standard InChI is InChI=1S/C11H19N5O2/c1-8-14-10(16-18-8)2-5-13-7-11(3-4-11)6-9(12)15-17/h13,17H,2-7H2,1H3,(H2,12,15). The van der Waals surface area contributed by atoms with Crippen LogP contribution in [0.1, 0.15) is 31.0 Å². The highest BCUT2D eigenvalue weighted by atomic mass is 16.5. The molecule has 1 fully saturated rings. The smallest absolute Gasteiger partial charge is 0.223 e. The number of nitrogens with two attached hydrogens (primary N) is 1. The third-order valence-electron chi connectivity index (χ3n) is 3.24. The first-order valence-corrected chi connectivity index (χ1v) is 6.10. The van der Waals surface area contributed by atoms with Crippen LogP contribution in [0.15, 0.2) is 9.68 Å². The molecule has 100 valence electrons. The summed E-state index contributed by atoms with van der Waals surface area (Å²) < 4.78 is 4.89. The predicted molar refractivity (Wildman–Crippen MR) is 65.3 cm³/mol. The van der Waals surface area contributed by atoms with E-state index in [0.717, 1.165) is 38.2 Å². The van der Waals surface area contributed by atoms with Crippen molar-refractivity contribution in [3.8, 4) is 0 Å². The Labute approximate surface area is 105 Å². The Hall–Kier alpha value is -1.63. The van der Waals surface area contributed by atoms with E-state index in [1.54, 1.807) is 6.92 Å². The Kier molecular flexibility index (Phi) is 3.81. The second-order valence-corrected chi connectivity index (χ2v) is 4.92. The van der Waals surface area contributed by atoms with E-state index >= 15 is 0 Å². The fraction of sp³-hybridized carbons (Fsp3) is 0.727. The zero-order valence-corrected chi connectivity index (χ0v) is 10.5. The second kappa shape index (κ2) is 5.34. The molecule has 0 aromatic carbocycles. The summed E-state index contributed by atoms with van der Waals surface area (Å²) in [4.78, 5) is 4.13. The number of oxime groups is 1. The highest BCUT2D eigenvalue weighted by Crippen LogP contribution is 2.48. The van der Waals surface area contributed by atoms with Gasteiger partial charge in [-0.25, -0.2) is 0 Å². The van der Waals surface area contributed by atoms with Crippen LogP contribution in [0.2, 0.25) is 0 Å². The maximum atomic E-state index is 8.56. The van der Waals surface area contributed by atoms with Crippen molar-refractivity contribution < 1.29 is 9.73 Å². The summed E-state index contributed by atoms with van der Waals surface area (Å²) in [6.45, 7) is 3.46. The molecule has 7 nitrogen and oxygen atoms in total. The summed E-state index contributed by atoms with van der Waals surface area (Å²) in [5.74, 6) is 1.62. The van der Waals surface area contributed by atoms with Gasteiger partial charge in [0.15, 0.2) is 5.82 Å². The number of nitrogens with one attached hydrogen (secondary N) is 1. The largest absolute Gasteiger partial charge is 0.409 e. The summed E-state index contributed by atoms with van der Waals surface area (Å²) >= 11 is 0. The van der Waals surface area contributed by atoms with Gasteiger partial charge < -0.3 is 20.8 Å². The molecule has 1 heterocycles. The zero-order chi connectivity index (χ0) is 13.0. The van der Waals surface area contributed by atoms with Gasteiger partial charge in [-0.15, -0.1) is 0 Å². The van der Waals surface area contributed by atoms with Gasteiger partial charge in [0.05, 0.1) is 0 Å². The van der Waals surface area contributed by atoms with Gasteiger partial charge >= 0.3 is 0 Å². The number of hydrogen-bond acceptors (Lipinski definition) is 6. The van der Waals surface area contributed by atoms with E-state index < -0.39 is 0 Å². The molecule has 0 radical (unpaired) electrons. The number of rotatable bonds is 7. The average Bonchev–Trinajstić information content (AvgIpc) is 2.98. The first kappa shape index (κ1) is 12.8. The lowest BCUT2D eigenvalue weighted by Crippen LogP contribution is -2.29. The number of hydrogen-bond donors (Lipinski definition) is 3. The molecule has 1 saturated carbocycles. The monoisotopic (exact) mass is 253 g/mol. The Balaban J connectivity index is 1.66. The highest BCUT2D eigenvalue weighted by molar-refractivity contribution is 5.80. The zero-order valence-electron chi connectivity index (χ0n) is 10.5. The van der Waals surface area contributed by atoms with Crippen LogP contribution in [0.5, 0.6) is 0 Å². The van der Waals surface area contributed by atoms with Gasteiger partial charge in [0, 0.05) is 32.9 Å². The van der Waals surface area contributed by atoms with Crippen LogP contribution in [0, 0.1) is 12.3 Å².